The predicted molar refractivity (Wildman–Crippen MR) is 151 cm³/mol. The van der Waals surface area contributed by atoms with Crippen LogP contribution in [0, 0.1) is 12.7 Å². The summed E-state index contributed by atoms with van der Waals surface area (Å²) in [4.78, 5) is 29.0. The molecular formula is C27H33ClFN9O2. The molecule has 0 aliphatic carbocycles. The van der Waals surface area contributed by atoms with E-state index >= 15 is 0 Å². The van der Waals surface area contributed by atoms with Gasteiger partial charge in [0.2, 0.25) is 5.95 Å². The Morgan fingerprint density at radius 1 is 1.07 bits per heavy atom. The predicted octanol–water partition coefficient (Wildman–Crippen LogP) is 3.28. The first kappa shape index (κ1) is 26.7. The van der Waals surface area contributed by atoms with Crippen LogP contribution in [0.1, 0.15) is 28.9 Å². The smallest absolute Gasteiger partial charge is 0.256 e. The molecule has 1 aromatic carbocycles. The van der Waals surface area contributed by atoms with Crippen LogP contribution in [0.25, 0.3) is 0 Å². The number of piperidine rings is 1. The van der Waals surface area contributed by atoms with Gasteiger partial charge in [0.05, 0.1) is 29.8 Å². The summed E-state index contributed by atoms with van der Waals surface area (Å²) in [6.45, 7) is 8.22. The maximum atomic E-state index is 14.4. The van der Waals surface area contributed by atoms with Crippen LogP contribution < -0.4 is 15.5 Å². The fourth-order valence-corrected chi connectivity index (χ4v) is 5.51. The highest BCUT2D eigenvalue weighted by atomic mass is 35.5. The molecule has 0 radical (unpaired) electrons. The Bertz CT molecular complexity index is 1350. The minimum Gasteiger partial charge on any atom is -0.378 e. The van der Waals surface area contributed by atoms with E-state index < -0.39 is 5.82 Å². The molecule has 0 spiro atoms. The average molecular weight is 570 g/mol. The van der Waals surface area contributed by atoms with Crippen molar-refractivity contribution in [2.45, 2.75) is 31.8 Å². The molecule has 0 saturated carbocycles. The molecule has 3 aliphatic rings. The van der Waals surface area contributed by atoms with Crippen molar-refractivity contribution in [2.75, 3.05) is 68.0 Å². The highest BCUT2D eigenvalue weighted by Crippen LogP contribution is 2.26. The molecule has 1 amide bonds. The molecule has 212 valence electrons. The SMILES string of the molecule is Cc1cc(Nc2cc(N3CCN(C4COC4)CC3)nc(NC3CCN(C(=O)c4cccc(Cl)c4F)CC3)n2)n[nH]1. The molecule has 3 saturated heterocycles. The summed E-state index contributed by atoms with van der Waals surface area (Å²) in [5.41, 5.74) is 0.953. The first-order valence-electron chi connectivity index (χ1n) is 13.7. The first-order valence-corrected chi connectivity index (χ1v) is 14.1. The fraction of sp³-hybridized carbons (Fsp3) is 0.481. The van der Waals surface area contributed by atoms with Crippen molar-refractivity contribution in [1.29, 1.82) is 0 Å². The van der Waals surface area contributed by atoms with Gasteiger partial charge in [-0.15, -0.1) is 0 Å². The molecule has 3 aromatic rings. The van der Waals surface area contributed by atoms with Gasteiger partial charge in [0.25, 0.3) is 5.91 Å². The highest BCUT2D eigenvalue weighted by Gasteiger charge is 2.30. The molecule has 0 unspecified atom stereocenters. The lowest BCUT2D eigenvalue weighted by Crippen LogP contribution is -2.56. The van der Waals surface area contributed by atoms with Gasteiger partial charge in [0.15, 0.2) is 11.6 Å². The summed E-state index contributed by atoms with van der Waals surface area (Å²) < 4.78 is 19.8. The Labute approximate surface area is 237 Å². The lowest BCUT2D eigenvalue weighted by Gasteiger charge is -2.42. The Hall–Kier alpha value is -3.48. The lowest BCUT2D eigenvalue weighted by molar-refractivity contribution is -0.0660. The Kier molecular flexibility index (Phi) is 7.72. The standard InChI is InChI=1S/C27H33ClFN9O2/c1-17-13-23(35-34-17)31-22-14-24(37-11-9-36(10-12-37)19-15-40-16-19)33-27(32-22)30-18-5-7-38(8-6-18)26(39)20-3-2-4-21(28)25(20)29/h2-4,13-14,18-19H,5-12,15-16H2,1H3,(H3,30,31,32,33,34,35). The van der Waals surface area contributed by atoms with Crippen LogP contribution in [0.4, 0.5) is 27.8 Å². The normalized spacial score (nSPS) is 19.0. The minimum atomic E-state index is -0.673. The van der Waals surface area contributed by atoms with Crippen LogP contribution >= 0.6 is 11.6 Å². The Morgan fingerprint density at radius 2 is 1.85 bits per heavy atom. The number of amides is 1. The van der Waals surface area contributed by atoms with Gasteiger partial charge in [-0.05, 0) is 31.9 Å². The number of aryl methyl sites for hydroxylation is 1. The summed E-state index contributed by atoms with van der Waals surface area (Å²) in [5, 5.41) is 13.9. The van der Waals surface area contributed by atoms with E-state index in [9.17, 15) is 9.18 Å². The molecule has 0 bridgehead atoms. The highest BCUT2D eigenvalue weighted by molar-refractivity contribution is 6.31. The molecule has 13 heteroatoms. The number of carbonyl (C=O) groups excluding carboxylic acids is 1. The Morgan fingerprint density at radius 3 is 2.52 bits per heavy atom. The molecule has 3 N–H and O–H groups in total. The number of rotatable bonds is 7. The lowest BCUT2D eigenvalue weighted by atomic mass is 10.0. The largest absolute Gasteiger partial charge is 0.378 e. The van der Waals surface area contributed by atoms with Crippen molar-refractivity contribution < 1.29 is 13.9 Å². The van der Waals surface area contributed by atoms with Crippen LogP contribution in [-0.2, 0) is 4.74 Å². The van der Waals surface area contributed by atoms with Gasteiger partial charge in [0, 0.05) is 63.1 Å². The zero-order valence-corrected chi connectivity index (χ0v) is 23.1. The van der Waals surface area contributed by atoms with E-state index in [0.29, 0.717) is 49.6 Å². The number of hydrogen-bond acceptors (Lipinski definition) is 9. The number of nitrogens with one attached hydrogen (secondary N) is 3. The quantitative estimate of drug-likeness (QED) is 0.394. The van der Waals surface area contributed by atoms with Crippen molar-refractivity contribution in [1.82, 2.24) is 30.0 Å². The first-order chi connectivity index (χ1) is 19.4. The summed E-state index contributed by atoms with van der Waals surface area (Å²) in [5.74, 6) is 1.69. The molecular weight excluding hydrogens is 537 g/mol. The summed E-state index contributed by atoms with van der Waals surface area (Å²) in [6, 6.07) is 8.98. The zero-order valence-electron chi connectivity index (χ0n) is 22.4. The van der Waals surface area contributed by atoms with E-state index in [1.54, 1.807) is 11.0 Å². The van der Waals surface area contributed by atoms with E-state index in [1.165, 1.54) is 12.1 Å². The monoisotopic (exact) mass is 569 g/mol. The number of likely N-dealkylation sites (tertiary alicyclic amines) is 1. The van der Waals surface area contributed by atoms with Gasteiger partial charge in [-0.25, -0.2) is 4.39 Å². The van der Waals surface area contributed by atoms with Crippen LogP contribution in [0.2, 0.25) is 5.02 Å². The number of hydrogen-bond donors (Lipinski definition) is 3. The third kappa shape index (κ3) is 5.84. The van der Waals surface area contributed by atoms with Gasteiger partial charge in [-0.2, -0.15) is 15.1 Å². The minimum absolute atomic E-state index is 0.00388. The number of carbonyl (C=O) groups is 1. The van der Waals surface area contributed by atoms with E-state index in [1.807, 2.05) is 19.1 Å². The van der Waals surface area contributed by atoms with Crippen molar-refractivity contribution in [3.63, 3.8) is 0 Å². The van der Waals surface area contributed by atoms with E-state index in [4.69, 9.17) is 26.3 Å². The number of anilines is 4. The average Bonchev–Trinajstić information content (AvgIpc) is 3.34. The second-order valence-electron chi connectivity index (χ2n) is 10.5. The number of nitrogens with zero attached hydrogens (tertiary/aromatic N) is 6. The molecule has 3 aliphatic heterocycles. The molecule has 2 aromatic heterocycles. The van der Waals surface area contributed by atoms with E-state index in [0.717, 1.165) is 50.9 Å². The number of ether oxygens (including phenoxy) is 1. The maximum absolute atomic E-state index is 14.4. The van der Waals surface area contributed by atoms with Crippen LogP contribution in [0.5, 0.6) is 0 Å². The fourth-order valence-electron chi connectivity index (χ4n) is 5.34. The maximum Gasteiger partial charge on any atom is 0.256 e. The Balaban J connectivity index is 1.13. The molecule has 6 rings (SSSR count). The number of piperazine rings is 1. The molecule has 11 nitrogen and oxygen atoms in total. The van der Waals surface area contributed by atoms with Crippen molar-refractivity contribution in [3.8, 4) is 0 Å². The number of aromatic amines is 1. The second-order valence-corrected chi connectivity index (χ2v) is 10.9. The van der Waals surface area contributed by atoms with Crippen LogP contribution in [-0.4, -0.2) is 100 Å². The number of halogens is 2. The third-order valence-electron chi connectivity index (χ3n) is 7.75. The van der Waals surface area contributed by atoms with Crippen LogP contribution in [0.3, 0.4) is 0 Å². The second kappa shape index (κ2) is 11.6. The number of H-pyrrole nitrogens is 1. The number of aromatic nitrogens is 4. The molecule has 3 fully saturated rings. The number of benzene rings is 1. The van der Waals surface area contributed by atoms with Crippen LogP contribution in [0.15, 0.2) is 30.3 Å². The summed E-state index contributed by atoms with van der Waals surface area (Å²) >= 11 is 5.88. The summed E-state index contributed by atoms with van der Waals surface area (Å²) in [7, 11) is 0. The molecule has 5 heterocycles. The summed E-state index contributed by atoms with van der Waals surface area (Å²) in [6.07, 6.45) is 1.37. The van der Waals surface area contributed by atoms with Gasteiger partial charge < -0.3 is 25.2 Å². The van der Waals surface area contributed by atoms with E-state index in [-0.39, 0.29) is 22.5 Å². The van der Waals surface area contributed by atoms with Crippen molar-refractivity contribution in [3.05, 3.63) is 52.4 Å². The zero-order chi connectivity index (χ0) is 27.6. The van der Waals surface area contributed by atoms with Crippen molar-refractivity contribution in [2.24, 2.45) is 0 Å². The molecule has 40 heavy (non-hydrogen) atoms. The molecule has 0 atom stereocenters. The topological polar surface area (TPSA) is 115 Å². The third-order valence-corrected chi connectivity index (χ3v) is 8.04. The van der Waals surface area contributed by atoms with Gasteiger partial charge >= 0.3 is 0 Å². The van der Waals surface area contributed by atoms with Crippen molar-refractivity contribution >= 4 is 40.9 Å². The van der Waals surface area contributed by atoms with E-state index in [2.05, 4.69) is 30.6 Å². The van der Waals surface area contributed by atoms with Gasteiger partial charge in [0.1, 0.15) is 11.6 Å². The van der Waals surface area contributed by atoms with Gasteiger partial charge in [-0.1, -0.05) is 17.7 Å². The van der Waals surface area contributed by atoms with Gasteiger partial charge in [-0.3, -0.25) is 14.8 Å².